The minimum atomic E-state index is -0.897. The second-order valence-electron chi connectivity index (χ2n) is 4.71. The van der Waals surface area contributed by atoms with Crippen LogP contribution < -0.4 is 5.56 Å². The molecule has 1 aromatic carbocycles. The van der Waals surface area contributed by atoms with Crippen molar-refractivity contribution >= 4 is 17.4 Å². The summed E-state index contributed by atoms with van der Waals surface area (Å²) in [5, 5.41) is 14.7. The van der Waals surface area contributed by atoms with Crippen molar-refractivity contribution in [3.05, 3.63) is 62.1 Å². The van der Waals surface area contributed by atoms with E-state index in [4.69, 9.17) is 4.74 Å². The van der Waals surface area contributed by atoms with Gasteiger partial charge < -0.3 is 4.74 Å². The lowest BCUT2D eigenvalue weighted by atomic mass is 10.2. The Morgan fingerprint density at radius 1 is 1.33 bits per heavy atom. The Morgan fingerprint density at radius 3 is 2.62 bits per heavy atom. The molecule has 0 saturated heterocycles. The molecular weight excluding hydrogens is 318 g/mol. The van der Waals surface area contributed by atoms with Crippen LogP contribution >= 0.6 is 0 Å². The van der Waals surface area contributed by atoms with Crippen LogP contribution in [0.5, 0.6) is 0 Å². The van der Waals surface area contributed by atoms with Crippen molar-refractivity contribution in [1.29, 1.82) is 0 Å². The highest BCUT2D eigenvalue weighted by Gasteiger charge is 2.20. The van der Waals surface area contributed by atoms with Gasteiger partial charge in [-0.2, -0.15) is 9.78 Å². The predicted octanol–water partition coefficient (Wildman–Crippen LogP) is 1.52. The fraction of sp³-hybridized carbons (Fsp3) is 0.200. The number of nitrogens with zero attached hydrogens (tertiary/aromatic N) is 3. The number of aromatic nitrogens is 2. The van der Waals surface area contributed by atoms with Gasteiger partial charge in [0, 0.05) is 19.1 Å². The number of esters is 1. The second kappa shape index (κ2) is 6.82. The first-order valence-electron chi connectivity index (χ1n) is 6.92. The van der Waals surface area contributed by atoms with E-state index in [2.05, 4.69) is 5.10 Å². The van der Waals surface area contributed by atoms with Gasteiger partial charge >= 0.3 is 5.97 Å². The third-order valence-electron chi connectivity index (χ3n) is 3.05. The topological polar surface area (TPSA) is 121 Å². The van der Waals surface area contributed by atoms with E-state index in [1.54, 1.807) is 6.92 Å². The van der Waals surface area contributed by atoms with Crippen LogP contribution in [0.4, 0.5) is 5.69 Å². The molecule has 0 spiro atoms. The van der Waals surface area contributed by atoms with E-state index < -0.39 is 22.2 Å². The summed E-state index contributed by atoms with van der Waals surface area (Å²) >= 11 is 0. The maximum atomic E-state index is 12.5. The summed E-state index contributed by atoms with van der Waals surface area (Å²) in [6.45, 7) is 2.84. The molecule has 124 valence electrons. The molecule has 0 aliphatic carbocycles. The van der Waals surface area contributed by atoms with Crippen molar-refractivity contribution in [2.24, 2.45) is 0 Å². The first kappa shape index (κ1) is 17.0. The molecule has 0 saturated carbocycles. The Bertz CT molecular complexity index is 887. The first-order chi connectivity index (χ1) is 11.3. The van der Waals surface area contributed by atoms with Crippen molar-refractivity contribution < 1.29 is 19.2 Å². The van der Waals surface area contributed by atoms with Crippen LogP contribution in [0.25, 0.3) is 5.69 Å². The molecule has 1 aromatic heterocycles. The van der Waals surface area contributed by atoms with Crippen LogP contribution in [0.3, 0.4) is 0 Å². The number of benzene rings is 1. The smallest absolute Gasteiger partial charge is 0.343 e. The number of non-ortho nitro benzene ring substituents is 1. The molecule has 0 N–H and O–H groups in total. The largest absolute Gasteiger partial charge is 0.462 e. The summed E-state index contributed by atoms with van der Waals surface area (Å²) < 4.78 is 5.57. The summed E-state index contributed by atoms with van der Waals surface area (Å²) in [5.74, 6) is -1.37. The Hall–Kier alpha value is -3.36. The summed E-state index contributed by atoms with van der Waals surface area (Å²) in [6.07, 6.45) is 0. The molecule has 0 aliphatic rings. The van der Waals surface area contributed by atoms with Gasteiger partial charge in [0.2, 0.25) is 0 Å². The lowest BCUT2D eigenvalue weighted by Gasteiger charge is -2.09. The van der Waals surface area contributed by atoms with Crippen LogP contribution in [0, 0.1) is 10.1 Å². The van der Waals surface area contributed by atoms with Gasteiger partial charge in [0.15, 0.2) is 5.78 Å². The third-order valence-corrected chi connectivity index (χ3v) is 3.05. The SMILES string of the molecule is CCOC(=O)c1cc(C(C)=O)nn(-c2cccc([N+](=O)[O-])c2)c1=O. The van der Waals surface area contributed by atoms with Crippen LogP contribution in [0.15, 0.2) is 35.1 Å². The van der Waals surface area contributed by atoms with E-state index in [-0.39, 0.29) is 29.2 Å². The normalized spacial score (nSPS) is 10.2. The molecule has 1 heterocycles. The van der Waals surface area contributed by atoms with Crippen LogP contribution in [-0.2, 0) is 4.74 Å². The molecular formula is C15H13N3O6. The number of nitro benzene ring substituents is 1. The van der Waals surface area contributed by atoms with Gasteiger partial charge in [-0.3, -0.25) is 19.7 Å². The van der Waals surface area contributed by atoms with Gasteiger partial charge in [-0.1, -0.05) is 6.07 Å². The number of rotatable bonds is 5. The fourth-order valence-electron chi connectivity index (χ4n) is 1.94. The highest BCUT2D eigenvalue weighted by Crippen LogP contribution is 2.15. The zero-order valence-corrected chi connectivity index (χ0v) is 12.9. The number of carbonyl (C=O) groups excluding carboxylic acids is 2. The van der Waals surface area contributed by atoms with Gasteiger partial charge in [-0.15, -0.1) is 0 Å². The zero-order chi connectivity index (χ0) is 17.9. The molecule has 9 heteroatoms. The van der Waals surface area contributed by atoms with Gasteiger partial charge in [0.05, 0.1) is 17.2 Å². The summed E-state index contributed by atoms with van der Waals surface area (Å²) in [5.41, 5.74) is -1.54. The van der Waals surface area contributed by atoms with Crippen LogP contribution in [0.1, 0.15) is 34.7 Å². The number of hydrogen-bond acceptors (Lipinski definition) is 7. The Labute approximate surface area is 135 Å². The number of hydrogen-bond donors (Lipinski definition) is 0. The van der Waals surface area contributed by atoms with Crippen molar-refractivity contribution in [1.82, 2.24) is 9.78 Å². The molecule has 0 unspecified atom stereocenters. The van der Waals surface area contributed by atoms with Crippen LogP contribution in [0.2, 0.25) is 0 Å². The van der Waals surface area contributed by atoms with E-state index in [0.717, 1.165) is 16.8 Å². The summed E-state index contributed by atoms with van der Waals surface area (Å²) in [6, 6.07) is 6.19. The third kappa shape index (κ3) is 3.35. The summed E-state index contributed by atoms with van der Waals surface area (Å²) in [7, 11) is 0. The molecule has 0 amide bonds. The Kier molecular flexibility index (Phi) is 4.83. The highest BCUT2D eigenvalue weighted by molar-refractivity contribution is 5.96. The molecule has 9 nitrogen and oxygen atoms in total. The second-order valence-corrected chi connectivity index (χ2v) is 4.71. The minimum absolute atomic E-state index is 0.0484. The molecule has 0 fully saturated rings. The highest BCUT2D eigenvalue weighted by atomic mass is 16.6. The predicted molar refractivity (Wildman–Crippen MR) is 82.4 cm³/mol. The molecule has 0 aliphatic heterocycles. The van der Waals surface area contributed by atoms with Crippen LogP contribution in [-0.4, -0.2) is 33.1 Å². The van der Waals surface area contributed by atoms with E-state index in [1.165, 1.54) is 25.1 Å². The average molecular weight is 331 g/mol. The average Bonchev–Trinajstić information content (AvgIpc) is 2.55. The van der Waals surface area contributed by atoms with Crippen molar-refractivity contribution in [3.63, 3.8) is 0 Å². The van der Waals surface area contributed by atoms with Gasteiger partial charge in [0.1, 0.15) is 11.3 Å². The molecule has 0 bridgehead atoms. The molecule has 2 rings (SSSR count). The van der Waals surface area contributed by atoms with E-state index in [1.807, 2.05) is 0 Å². The quantitative estimate of drug-likeness (QED) is 0.352. The zero-order valence-electron chi connectivity index (χ0n) is 12.9. The Balaban J connectivity index is 2.71. The molecule has 0 atom stereocenters. The van der Waals surface area contributed by atoms with E-state index >= 15 is 0 Å². The molecule has 2 aromatic rings. The maximum Gasteiger partial charge on any atom is 0.343 e. The van der Waals surface area contributed by atoms with E-state index in [0.29, 0.717) is 0 Å². The minimum Gasteiger partial charge on any atom is -0.462 e. The fourth-order valence-corrected chi connectivity index (χ4v) is 1.94. The maximum absolute atomic E-state index is 12.5. The number of Topliss-reactive ketones (excluding diaryl/α,β-unsaturated/α-hetero) is 1. The van der Waals surface area contributed by atoms with Crippen molar-refractivity contribution in [2.75, 3.05) is 6.61 Å². The number of ether oxygens (including phenoxy) is 1. The molecule has 24 heavy (non-hydrogen) atoms. The lowest BCUT2D eigenvalue weighted by molar-refractivity contribution is -0.384. The number of carbonyl (C=O) groups is 2. The van der Waals surface area contributed by atoms with E-state index in [9.17, 15) is 24.5 Å². The van der Waals surface area contributed by atoms with Crippen molar-refractivity contribution in [3.8, 4) is 5.69 Å². The molecule has 0 radical (unpaired) electrons. The number of nitro groups is 1. The Morgan fingerprint density at radius 2 is 2.04 bits per heavy atom. The monoisotopic (exact) mass is 331 g/mol. The number of ketones is 1. The van der Waals surface area contributed by atoms with Crippen molar-refractivity contribution in [2.45, 2.75) is 13.8 Å². The van der Waals surface area contributed by atoms with Gasteiger partial charge in [-0.25, -0.2) is 4.79 Å². The standard InChI is InChI=1S/C15H13N3O6/c1-3-24-15(21)12-8-13(9(2)19)16-17(14(12)20)10-5-4-6-11(7-10)18(22)23/h4-8H,3H2,1-2H3. The lowest BCUT2D eigenvalue weighted by Crippen LogP contribution is -2.30. The first-order valence-corrected chi connectivity index (χ1v) is 6.92. The summed E-state index contributed by atoms with van der Waals surface area (Å²) in [4.78, 5) is 46.2. The van der Waals surface area contributed by atoms with Gasteiger partial charge in [-0.05, 0) is 19.1 Å². The van der Waals surface area contributed by atoms with Gasteiger partial charge in [0.25, 0.3) is 11.2 Å².